The molecule has 10 nitrogen and oxygen atoms in total. The van der Waals surface area contributed by atoms with Gasteiger partial charge in [0.05, 0.1) is 18.3 Å². The Kier molecular flexibility index (Phi) is 4.53. The maximum atomic E-state index is 13.3. The van der Waals surface area contributed by atoms with Gasteiger partial charge < -0.3 is 39.0 Å². The fourth-order valence-corrected chi connectivity index (χ4v) is 6.59. The second-order valence-corrected chi connectivity index (χ2v) is 9.88. The number of aliphatic hydroxyl groups excluding tert-OH is 3. The minimum atomic E-state index is -1.40. The molecule has 1 aromatic rings. The zero-order valence-corrected chi connectivity index (χ0v) is 18.0. The van der Waals surface area contributed by atoms with Gasteiger partial charge in [0.25, 0.3) is 0 Å². The zero-order chi connectivity index (χ0) is 23.2. The van der Waals surface area contributed by atoms with Crippen molar-refractivity contribution >= 4 is 11.9 Å². The number of esters is 2. The van der Waals surface area contributed by atoms with Crippen molar-refractivity contribution in [2.24, 2.45) is 11.3 Å². The average Bonchev–Trinajstić information content (AvgIpc) is 2.94. The molecule has 3 aliphatic heterocycles. The number of ether oxygens (including phenoxy) is 5. The third-order valence-corrected chi connectivity index (χ3v) is 8.31. The van der Waals surface area contributed by atoms with Crippen LogP contribution in [0.3, 0.4) is 0 Å². The summed E-state index contributed by atoms with van der Waals surface area (Å²) in [7, 11) is 0. The summed E-state index contributed by atoms with van der Waals surface area (Å²) in [6.45, 7) is 1.09. The molecule has 0 radical (unpaired) electrons. The molecule has 0 amide bonds. The molecule has 6 fully saturated rings. The molecule has 3 heterocycles. The molecule has 33 heavy (non-hydrogen) atoms. The molecule has 1 spiro atoms. The number of carbonyl (C=O) groups excluding carboxylic acids is 2. The van der Waals surface area contributed by atoms with E-state index in [2.05, 4.69) is 0 Å². The van der Waals surface area contributed by atoms with Crippen molar-refractivity contribution in [2.75, 3.05) is 13.2 Å². The summed E-state index contributed by atoms with van der Waals surface area (Å²) in [4.78, 5) is 26.0. The van der Waals surface area contributed by atoms with Crippen LogP contribution in [0.15, 0.2) is 30.3 Å². The van der Waals surface area contributed by atoms with Crippen LogP contribution < -0.4 is 0 Å². The molecule has 6 aliphatic rings. The van der Waals surface area contributed by atoms with Crippen LogP contribution in [0.25, 0.3) is 0 Å². The SMILES string of the molecule is C[C@@]12C[C@@H]3O[C@H]4O[C@H](CO)[C@@H](O)[C@H](O)[C@H]4O[C@]34C[C@H]1[C@@]4(COC(=O)c1ccccc1)C(=O)O2. The summed E-state index contributed by atoms with van der Waals surface area (Å²) >= 11 is 0. The van der Waals surface area contributed by atoms with E-state index in [1.165, 1.54) is 0 Å². The predicted molar refractivity (Wildman–Crippen MR) is 107 cm³/mol. The molecule has 178 valence electrons. The van der Waals surface area contributed by atoms with Gasteiger partial charge in [-0.3, -0.25) is 4.79 Å². The normalized spacial score (nSPS) is 49.3. The number of hydrogen-bond donors (Lipinski definition) is 3. The van der Waals surface area contributed by atoms with E-state index in [-0.39, 0.29) is 12.5 Å². The van der Waals surface area contributed by atoms with Crippen LogP contribution in [0.5, 0.6) is 0 Å². The summed E-state index contributed by atoms with van der Waals surface area (Å²) in [5, 5.41) is 30.5. The molecule has 3 saturated heterocycles. The molecule has 4 bridgehead atoms. The molecule has 10 atom stereocenters. The number of hydrogen-bond acceptors (Lipinski definition) is 10. The molecule has 0 aromatic heterocycles. The first-order valence-electron chi connectivity index (χ1n) is 11.2. The first kappa shape index (κ1) is 21.5. The number of benzene rings is 1. The van der Waals surface area contributed by atoms with Gasteiger partial charge in [0.2, 0.25) is 0 Å². The topological polar surface area (TPSA) is 141 Å². The number of aliphatic hydroxyl groups is 3. The van der Waals surface area contributed by atoms with Gasteiger partial charge in [-0.2, -0.15) is 0 Å². The summed E-state index contributed by atoms with van der Waals surface area (Å²) in [5.41, 5.74) is -2.95. The van der Waals surface area contributed by atoms with Gasteiger partial charge in [-0.25, -0.2) is 4.79 Å². The molecule has 3 aliphatic carbocycles. The molecule has 3 N–H and O–H groups in total. The van der Waals surface area contributed by atoms with Gasteiger partial charge in [-0.1, -0.05) is 18.2 Å². The number of fused-ring (bicyclic) bond motifs is 1. The van der Waals surface area contributed by atoms with E-state index in [9.17, 15) is 24.9 Å². The Morgan fingerprint density at radius 2 is 1.91 bits per heavy atom. The van der Waals surface area contributed by atoms with Gasteiger partial charge >= 0.3 is 11.9 Å². The Hall–Kier alpha value is -2.08. The molecule has 1 aromatic carbocycles. The highest BCUT2D eigenvalue weighted by Crippen LogP contribution is 2.74. The highest BCUT2D eigenvalue weighted by atomic mass is 16.7. The Balaban J connectivity index is 1.33. The maximum absolute atomic E-state index is 13.3. The van der Waals surface area contributed by atoms with Crippen LogP contribution in [0.2, 0.25) is 0 Å². The molecular formula is C23H26O10. The lowest BCUT2D eigenvalue weighted by molar-refractivity contribution is -0.442. The van der Waals surface area contributed by atoms with Crippen LogP contribution in [0.1, 0.15) is 30.1 Å². The number of carbonyl (C=O) groups is 2. The van der Waals surface area contributed by atoms with Crippen molar-refractivity contribution in [1.82, 2.24) is 0 Å². The lowest BCUT2D eigenvalue weighted by atomic mass is 9.40. The largest absolute Gasteiger partial charge is 0.461 e. The molecule has 10 heteroatoms. The van der Waals surface area contributed by atoms with E-state index >= 15 is 0 Å². The molecule has 3 saturated carbocycles. The van der Waals surface area contributed by atoms with Crippen LogP contribution in [0, 0.1) is 11.3 Å². The van der Waals surface area contributed by atoms with Gasteiger partial charge in [0.1, 0.15) is 47.6 Å². The predicted octanol–water partition coefficient (Wildman–Crippen LogP) is -0.469. The highest BCUT2D eigenvalue weighted by Gasteiger charge is 2.88. The maximum Gasteiger partial charge on any atom is 0.338 e. The van der Waals surface area contributed by atoms with Crippen molar-refractivity contribution in [2.45, 2.75) is 67.8 Å². The second-order valence-electron chi connectivity index (χ2n) is 9.88. The van der Waals surface area contributed by atoms with E-state index in [4.69, 9.17) is 23.7 Å². The van der Waals surface area contributed by atoms with Crippen LogP contribution in [-0.2, 0) is 28.5 Å². The monoisotopic (exact) mass is 462 g/mol. The number of rotatable bonds is 4. The smallest absolute Gasteiger partial charge is 0.338 e. The third-order valence-electron chi connectivity index (χ3n) is 8.31. The first-order valence-corrected chi connectivity index (χ1v) is 11.2. The van der Waals surface area contributed by atoms with E-state index in [0.717, 1.165) is 0 Å². The molecular weight excluding hydrogens is 436 g/mol. The Bertz CT molecular complexity index is 985. The summed E-state index contributed by atoms with van der Waals surface area (Å²) in [6.07, 6.45) is -5.79. The van der Waals surface area contributed by atoms with Crippen molar-refractivity contribution in [3.05, 3.63) is 35.9 Å². The Morgan fingerprint density at radius 3 is 2.64 bits per heavy atom. The summed E-state index contributed by atoms with van der Waals surface area (Å²) in [6, 6.07) is 8.47. The van der Waals surface area contributed by atoms with Crippen LogP contribution >= 0.6 is 0 Å². The van der Waals surface area contributed by atoms with Crippen molar-refractivity contribution in [3.8, 4) is 0 Å². The lowest BCUT2D eigenvalue weighted by Crippen LogP contribution is -2.83. The fourth-order valence-electron chi connectivity index (χ4n) is 6.59. The van der Waals surface area contributed by atoms with Crippen molar-refractivity contribution in [3.63, 3.8) is 0 Å². The summed E-state index contributed by atoms with van der Waals surface area (Å²) < 4.78 is 29.7. The van der Waals surface area contributed by atoms with Crippen LogP contribution in [0.4, 0.5) is 0 Å². The van der Waals surface area contributed by atoms with Gasteiger partial charge in [0, 0.05) is 12.3 Å². The Labute approximate surface area is 189 Å². The highest BCUT2D eigenvalue weighted by molar-refractivity contribution is 5.90. The van der Waals surface area contributed by atoms with Crippen LogP contribution in [-0.4, -0.2) is 88.5 Å². The summed E-state index contributed by atoms with van der Waals surface area (Å²) in [5.74, 6) is -1.35. The van der Waals surface area contributed by atoms with E-state index < -0.39 is 72.0 Å². The molecule has 7 rings (SSSR count). The van der Waals surface area contributed by atoms with Gasteiger partial charge in [-0.05, 0) is 25.5 Å². The quantitative estimate of drug-likeness (QED) is 0.503. The first-order chi connectivity index (χ1) is 15.8. The molecule has 0 unspecified atom stereocenters. The average molecular weight is 462 g/mol. The van der Waals surface area contributed by atoms with Gasteiger partial charge in [0.15, 0.2) is 6.29 Å². The van der Waals surface area contributed by atoms with E-state index in [0.29, 0.717) is 18.4 Å². The third kappa shape index (κ3) is 2.59. The Morgan fingerprint density at radius 1 is 1.15 bits per heavy atom. The minimum absolute atomic E-state index is 0.254. The lowest BCUT2D eigenvalue weighted by Gasteiger charge is -2.69. The second kappa shape index (κ2) is 6.97. The standard InChI is InChI=1S/C23H26O10/c1-21-8-14-23(32-17-16(26)15(25)12(9-24)30-19(17)31-14)7-13(21)22(23,20(28)33-21)10-29-18(27)11-5-3-2-4-6-11/h2-6,12-17,19,24-26H,7-10H2,1H3/t12-,13-,14+,15-,16+,17-,19-,21-,22+,23-/m1/s1. The van der Waals surface area contributed by atoms with Gasteiger partial charge in [-0.15, -0.1) is 0 Å². The minimum Gasteiger partial charge on any atom is -0.461 e. The van der Waals surface area contributed by atoms with E-state index in [1.54, 1.807) is 30.3 Å². The van der Waals surface area contributed by atoms with E-state index in [1.807, 2.05) is 6.92 Å². The zero-order valence-electron chi connectivity index (χ0n) is 18.0. The van der Waals surface area contributed by atoms with Crippen molar-refractivity contribution < 1.29 is 48.6 Å². The van der Waals surface area contributed by atoms with Crippen molar-refractivity contribution in [1.29, 1.82) is 0 Å². The fraction of sp³-hybridized carbons (Fsp3) is 0.652.